The largest absolute Gasteiger partial charge is 0.494 e. The van der Waals surface area contributed by atoms with Gasteiger partial charge in [0.15, 0.2) is 5.88 Å². The smallest absolute Gasteiger partial charge is 0.223 e. The minimum absolute atomic E-state index is 0.0876. The Hall–Kier alpha value is -1.36. The van der Waals surface area contributed by atoms with Gasteiger partial charge in [-0.05, 0) is 12.8 Å². The molecule has 1 rings (SSSR count). The number of carbonyl (C=O) groups is 1. The van der Waals surface area contributed by atoms with Crippen LogP contribution in [0.25, 0.3) is 0 Å². The molecule has 1 aliphatic rings. The maximum absolute atomic E-state index is 10.7. The van der Waals surface area contributed by atoms with Crippen molar-refractivity contribution in [2.75, 3.05) is 6.61 Å². The van der Waals surface area contributed by atoms with Gasteiger partial charge in [-0.3, -0.25) is 10.1 Å². The van der Waals surface area contributed by atoms with Crippen LogP contribution < -0.4 is 5.32 Å². The Morgan fingerprint density at radius 2 is 2.06 bits per heavy atom. The maximum Gasteiger partial charge on any atom is 0.223 e. The van der Waals surface area contributed by atoms with E-state index in [9.17, 15) is 15.0 Å². The van der Waals surface area contributed by atoms with Crippen molar-refractivity contribution < 1.29 is 15.0 Å². The molecule has 0 aromatic heterocycles. The van der Waals surface area contributed by atoms with Crippen LogP contribution in [0.1, 0.15) is 32.6 Å². The van der Waals surface area contributed by atoms with Crippen molar-refractivity contribution in [2.45, 2.75) is 32.6 Å². The number of rotatable bonds is 4. The normalized spacial score (nSPS) is 19.5. The Morgan fingerprint density at radius 1 is 1.50 bits per heavy atom. The molecule has 1 amide bonds. The van der Waals surface area contributed by atoms with Crippen LogP contribution in [-0.2, 0) is 4.79 Å². The molecule has 1 aliphatic carbocycles. The summed E-state index contributed by atoms with van der Waals surface area (Å²) in [5, 5.41) is 28.8. The quantitative estimate of drug-likeness (QED) is 0.427. The Kier molecular flexibility index (Phi) is 4.06. The molecule has 5 nitrogen and oxygen atoms in total. The highest BCUT2D eigenvalue weighted by Gasteiger charge is 2.36. The third-order valence-electron chi connectivity index (χ3n) is 3.02. The van der Waals surface area contributed by atoms with Crippen LogP contribution in [-0.4, -0.2) is 28.4 Å². The van der Waals surface area contributed by atoms with Gasteiger partial charge in [0, 0.05) is 24.1 Å². The standard InChI is InChI=1S/C11H18N2O3/c1-8(15)13-10(16)6-9(12)11(7-14)4-2-3-5-11/h6,12,14,16H,2-5,7H2,1H3,(H,13,15)/b10-6-,12-9?. The van der Waals surface area contributed by atoms with E-state index in [1.807, 2.05) is 0 Å². The van der Waals surface area contributed by atoms with Gasteiger partial charge in [-0.1, -0.05) is 12.8 Å². The van der Waals surface area contributed by atoms with Crippen LogP contribution in [0.4, 0.5) is 0 Å². The van der Waals surface area contributed by atoms with Crippen LogP contribution >= 0.6 is 0 Å². The van der Waals surface area contributed by atoms with Crippen LogP contribution in [0.5, 0.6) is 0 Å². The average molecular weight is 226 g/mol. The Labute approximate surface area is 94.7 Å². The summed E-state index contributed by atoms with van der Waals surface area (Å²) in [7, 11) is 0. The molecule has 5 heteroatoms. The van der Waals surface area contributed by atoms with Crippen LogP contribution in [0.3, 0.4) is 0 Å². The molecule has 90 valence electrons. The summed E-state index contributed by atoms with van der Waals surface area (Å²) in [4.78, 5) is 10.7. The van der Waals surface area contributed by atoms with Gasteiger partial charge in [0.05, 0.1) is 6.61 Å². The van der Waals surface area contributed by atoms with Crippen molar-refractivity contribution in [3.63, 3.8) is 0 Å². The summed E-state index contributed by atoms with van der Waals surface area (Å²) in [6.45, 7) is 1.20. The zero-order valence-electron chi connectivity index (χ0n) is 9.42. The van der Waals surface area contributed by atoms with E-state index in [-0.39, 0.29) is 24.1 Å². The number of carbonyl (C=O) groups excluding carboxylic acids is 1. The van der Waals surface area contributed by atoms with Gasteiger partial charge < -0.3 is 15.6 Å². The lowest BCUT2D eigenvalue weighted by atomic mass is 9.82. The van der Waals surface area contributed by atoms with E-state index in [0.29, 0.717) is 0 Å². The molecule has 0 atom stereocenters. The fraction of sp³-hybridized carbons (Fsp3) is 0.636. The van der Waals surface area contributed by atoms with Crippen molar-refractivity contribution in [3.05, 3.63) is 12.0 Å². The van der Waals surface area contributed by atoms with Crippen molar-refractivity contribution in [3.8, 4) is 0 Å². The van der Waals surface area contributed by atoms with Crippen LogP contribution in [0, 0.1) is 10.8 Å². The summed E-state index contributed by atoms with van der Waals surface area (Å²) in [6, 6.07) is 0. The molecule has 0 saturated heterocycles. The predicted molar refractivity (Wildman–Crippen MR) is 60.2 cm³/mol. The van der Waals surface area contributed by atoms with Gasteiger partial charge in [-0.2, -0.15) is 0 Å². The molecule has 0 unspecified atom stereocenters. The first-order valence-corrected chi connectivity index (χ1v) is 5.38. The highest BCUT2D eigenvalue weighted by Crippen LogP contribution is 2.39. The monoisotopic (exact) mass is 226 g/mol. The second-order valence-electron chi connectivity index (χ2n) is 4.27. The van der Waals surface area contributed by atoms with E-state index in [2.05, 4.69) is 5.32 Å². The van der Waals surface area contributed by atoms with Gasteiger partial charge in [0.2, 0.25) is 5.91 Å². The molecule has 0 aliphatic heterocycles. The number of amides is 1. The molecule has 0 radical (unpaired) electrons. The lowest BCUT2D eigenvalue weighted by Gasteiger charge is -2.25. The molecule has 0 heterocycles. The van der Waals surface area contributed by atoms with E-state index >= 15 is 0 Å². The predicted octanol–water partition coefficient (Wildman–Crippen LogP) is 1.09. The number of aliphatic hydroxyl groups is 2. The fourth-order valence-electron chi connectivity index (χ4n) is 2.07. The van der Waals surface area contributed by atoms with E-state index in [4.69, 9.17) is 5.41 Å². The van der Waals surface area contributed by atoms with E-state index in [1.54, 1.807) is 0 Å². The highest BCUT2D eigenvalue weighted by molar-refractivity contribution is 5.98. The van der Waals surface area contributed by atoms with E-state index in [1.165, 1.54) is 13.0 Å². The molecular weight excluding hydrogens is 208 g/mol. The minimum Gasteiger partial charge on any atom is -0.494 e. The Bertz CT molecular complexity index is 317. The van der Waals surface area contributed by atoms with Crippen molar-refractivity contribution in [1.82, 2.24) is 5.32 Å². The molecular formula is C11H18N2O3. The Morgan fingerprint density at radius 3 is 2.50 bits per heavy atom. The van der Waals surface area contributed by atoms with Crippen molar-refractivity contribution in [2.24, 2.45) is 5.41 Å². The van der Waals surface area contributed by atoms with Crippen molar-refractivity contribution in [1.29, 1.82) is 5.41 Å². The number of hydrogen-bond donors (Lipinski definition) is 4. The first-order valence-electron chi connectivity index (χ1n) is 5.38. The lowest BCUT2D eigenvalue weighted by molar-refractivity contribution is -0.118. The van der Waals surface area contributed by atoms with Gasteiger partial charge >= 0.3 is 0 Å². The van der Waals surface area contributed by atoms with Crippen molar-refractivity contribution >= 4 is 11.6 Å². The van der Waals surface area contributed by atoms with Gasteiger partial charge in [0.1, 0.15) is 0 Å². The van der Waals surface area contributed by atoms with E-state index < -0.39 is 5.41 Å². The molecule has 16 heavy (non-hydrogen) atoms. The average Bonchev–Trinajstić information content (AvgIpc) is 2.65. The molecule has 0 bridgehead atoms. The third-order valence-corrected chi connectivity index (χ3v) is 3.02. The van der Waals surface area contributed by atoms with Gasteiger partial charge in [-0.25, -0.2) is 0 Å². The first-order chi connectivity index (χ1) is 7.50. The zero-order chi connectivity index (χ0) is 12.2. The second-order valence-corrected chi connectivity index (χ2v) is 4.27. The number of aliphatic hydroxyl groups excluding tert-OH is 2. The number of allylic oxidation sites excluding steroid dienone is 1. The summed E-state index contributed by atoms with van der Waals surface area (Å²) < 4.78 is 0. The lowest BCUT2D eigenvalue weighted by Crippen LogP contribution is -2.31. The van der Waals surface area contributed by atoms with Gasteiger partial charge in [-0.15, -0.1) is 0 Å². The third kappa shape index (κ3) is 2.82. The topological polar surface area (TPSA) is 93.4 Å². The molecule has 1 fully saturated rings. The minimum atomic E-state index is -0.535. The first kappa shape index (κ1) is 12.7. The van der Waals surface area contributed by atoms with Gasteiger partial charge in [0.25, 0.3) is 0 Å². The highest BCUT2D eigenvalue weighted by atomic mass is 16.3. The van der Waals surface area contributed by atoms with Crippen LogP contribution in [0.2, 0.25) is 0 Å². The van der Waals surface area contributed by atoms with E-state index in [0.717, 1.165) is 25.7 Å². The summed E-state index contributed by atoms with van der Waals surface area (Å²) in [6.07, 6.45) is 4.69. The Balaban J connectivity index is 2.73. The summed E-state index contributed by atoms with van der Waals surface area (Å²) >= 11 is 0. The molecule has 0 spiro atoms. The summed E-state index contributed by atoms with van der Waals surface area (Å²) in [5.74, 6) is -0.719. The number of hydrogen-bond acceptors (Lipinski definition) is 4. The number of nitrogens with one attached hydrogen (secondary N) is 2. The maximum atomic E-state index is 10.7. The fourth-order valence-corrected chi connectivity index (χ4v) is 2.07. The zero-order valence-corrected chi connectivity index (χ0v) is 9.42. The summed E-state index contributed by atoms with van der Waals surface area (Å²) in [5.41, 5.74) is -0.356. The SMILES string of the molecule is CC(=O)N/C(O)=C/C(=N)C1(CO)CCCC1. The molecule has 0 aromatic carbocycles. The molecule has 0 aromatic rings. The second kappa shape index (κ2) is 5.12. The molecule has 1 saturated carbocycles. The molecule has 4 N–H and O–H groups in total. The van der Waals surface area contributed by atoms with Crippen LogP contribution in [0.15, 0.2) is 12.0 Å².